The highest BCUT2D eigenvalue weighted by Gasteiger charge is 2.13. The molecule has 2 aromatic rings. The minimum Gasteiger partial charge on any atom is -0.310 e. The average molecular weight is 257 g/mol. The molecule has 19 heavy (non-hydrogen) atoms. The molecule has 1 atom stereocenters. The van der Waals surface area contributed by atoms with Gasteiger partial charge < -0.3 is 5.32 Å². The second-order valence-corrected chi connectivity index (χ2v) is 4.82. The Labute approximate surface area is 114 Å². The third-order valence-electron chi connectivity index (χ3n) is 3.31. The molecule has 1 nitrogen and oxygen atoms in total. The van der Waals surface area contributed by atoms with Crippen molar-refractivity contribution in [2.45, 2.75) is 26.3 Å². The van der Waals surface area contributed by atoms with Crippen molar-refractivity contribution in [2.75, 3.05) is 6.54 Å². The van der Waals surface area contributed by atoms with Crippen LogP contribution in [0.3, 0.4) is 0 Å². The fourth-order valence-corrected chi connectivity index (χ4v) is 2.24. The van der Waals surface area contributed by atoms with E-state index in [1.54, 1.807) is 6.07 Å². The quantitative estimate of drug-likeness (QED) is 0.852. The van der Waals surface area contributed by atoms with Crippen molar-refractivity contribution in [1.29, 1.82) is 0 Å². The van der Waals surface area contributed by atoms with Crippen LogP contribution in [0.5, 0.6) is 0 Å². The summed E-state index contributed by atoms with van der Waals surface area (Å²) >= 11 is 0. The summed E-state index contributed by atoms with van der Waals surface area (Å²) in [7, 11) is 0. The fraction of sp³-hybridized carbons (Fsp3) is 0.294. The summed E-state index contributed by atoms with van der Waals surface area (Å²) in [6.07, 6.45) is 0.670. The number of nitrogens with one attached hydrogen (secondary N) is 1. The monoisotopic (exact) mass is 257 g/mol. The van der Waals surface area contributed by atoms with E-state index in [4.69, 9.17) is 0 Å². The van der Waals surface area contributed by atoms with Crippen LogP contribution in [0.1, 0.15) is 29.7 Å². The molecule has 0 bridgehead atoms. The number of hydrogen-bond acceptors (Lipinski definition) is 1. The predicted octanol–water partition coefficient (Wildman–Crippen LogP) is 4.03. The van der Waals surface area contributed by atoms with Gasteiger partial charge in [0.05, 0.1) is 0 Å². The molecule has 0 aliphatic carbocycles. The van der Waals surface area contributed by atoms with Gasteiger partial charge in [0.25, 0.3) is 0 Å². The zero-order valence-electron chi connectivity index (χ0n) is 11.5. The van der Waals surface area contributed by atoms with E-state index in [1.807, 2.05) is 12.1 Å². The van der Waals surface area contributed by atoms with E-state index in [9.17, 15) is 4.39 Å². The molecule has 0 aliphatic heterocycles. The Balaban J connectivity index is 2.21. The Morgan fingerprint density at radius 3 is 2.37 bits per heavy atom. The van der Waals surface area contributed by atoms with Gasteiger partial charge in [0, 0.05) is 6.04 Å². The lowest BCUT2D eigenvalue weighted by atomic mass is 9.97. The summed E-state index contributed by atoms with van der Waals surface area (Å²) in [4.78, 5) is 0. The van der Waals surface area contributed by atoms with Crippen LogP contribution in [0.4, 0.5) is 4.39 Å². The highest BCUT2D eigenvalue weighted by Crippen LogP contribution is 2.20. The Morgan fingerprint density at radius 2 is 1.74 bits per heavy atom. The van der Waals surface area contributed by atoms with Gasteiger partial charge >= 0.3 is 0 Å². The van der Waals surface area contributed by atoms with Gasteiger partial charge in [-0.3, -0.25) is 0 Å². The summed E-state index contributed by atoms with van der Waals surface area (Å²) in [5, 5.41) is 3.43. The van der Waals surface area contributed by atoms with Crippen LogP contribution in [-0.2, 0) is 6.42 Å². The Morgan fingerprint density at radius 1 is 1.05 bits per heavy atom. The number of likely N-dealkylation sites (N-methyl/N-ethyl adjacent to an activating group) is 1. The Bertz CT molecular complexity index is 519. The van der Waals surface area contributed by atoms with Crippen molar-refractivity contribution < 1.29 is 4.39 Å². The van der Waals surface area contributed by atoms with E-state index in [0.717, 1.165) is 12.1 Å². The molecule has 100 valence electrons. The van der Waals surface area contributed by atoms with Crippen LogP contribution in [0, 0.1) is 12.7 Å². The molecule has 0 amide bonds. The first-order valence-corrected chi connectivity index (χ1v) is 6.74. The maximum atomic E-state index is 13.7. The van der Waals surface area contributed by atoms with Gasteiger partial charge in [-0.05, 0) is 37.1 Å². The summed E-state index contributed by atoms with van der Waals surface area (Å²) in [5.41, 5.74) is 3.20. The van der Waals surface area contributed by atoms with Crippen molar-refractivity contribution in [3.05, 3.63) is 71.0 Å². The lowest BCUT2D eigenvalue weighted by molar-refractivity contribution is 0.528. The number of halogens is 1. The summed E-state index contributed by atoms with van der Waals surface area (Å²) < 4.78 is 13.7. The molecule has 0 fully saturated rings. The molecule has 2 rings (SSSR count). The van der Waals surface area contributed by atoms with Crippen LogP contribution in [-0.4, -0.2) is 6.54 Å². The van der Waals surface area contributed by atoms with Crippen molar-refractivity contribution in [1.82, 2.24) is 5.32 Å². The third-order valence-corrected chi connectivity index (χ3v) is 3.31. The molecular formula is C17H20FN. The van der Waals surface area contributed by atoms with E-state index in [-0.39, 0.29) is 11.9 Å². The molecule has 0 spiro atoms. The smallest absolute Gasteiger partial charge is 0.126 e. The van der Waals surface area contributed by atoms with Crippen LogP contribution >= 0.6 is 0 Å². The van der Waals surface area contributed by atoms with Crippen molar-refractivity contribution in [3.8, 4) is 0 Å². The normalized spacial score (nSPS) is 12.4. The number of rotatable bonds is 5. The fourth-order valence-electron chi connectivity index (χ4n) is 2.24. The van der Waals surface area contributed by atoms with Gasteiger partial charge in [-0.1, -0.05) is 55.0 Å². The zero-order valence-corrected chi connectivity index (χ0v) is 11.5. The standard InChI is InChI=1S/C17H20FN/c1-3-19-17(14-10-8-13(2)9-11-14)12-15-6-4-5-7-16(15)18/h4-11,17,19H,3,12H2,1-2H3. The number of benzene rings is 2. The molecule has 0 aromatic heterocycles. The number of aryl methyl sites for hydroxylation is 1. The molecule has 1 unspecified atom stereocenters. The van der Waals surface area contributed by atoms with Gasteiger partial charge in [0.2, 0.25) is 0 Å². The summed E-state index contributed by atoms with van der Waals surface area (Å²) in [6, 6.07) is 15.6. The number of hydrogen-bond donors (Lipinski definition) is 1. The lowest BCUT2D eigenvalue weighted by Crippen LogP contribution is -2.23. The maximum Gasteiger partial charge on any atom is 0.126 e. The first-order valence-electron chi connectivity index (χ1n) is 6.74. The molecule has 0 saturated heterocycles. The first kappa shape index (κ1) is 13.8. The Kier molecular flexibility index (Phi) is 4.69. The van der Waals surface area contributed by atoms with E-state index in [1.165, 1.54) is 17.2 Å². The molecule has 2 aromatic carbocycles. The van der Waals surface area contributed by atoms with E-state index in [0.29, 0.717) is 6.42 Å². The largest absolute Gasteiger partial charge is 0.310 e. The average Bonchev–Trinajstić information content (AvgIpc) is 2.42. The highest BCUT2D eigenvalue weighted by atomic mass is 19.1. The molecule has 0 heterocycles. The van der Waals surface area contributed by atoms with Gasteiger partial charge in [-0.25, -0.2) is 4.39 Å². The molecule has 1 N–H and O–H groups in total. The topological polar surface area (TPSA) is 12.0 Å². The van der Waals surface area contributed by atoms with Gasteiger partial charge in [0.1, 0.15) is 5.82 Å². The second-order valence-electron chi connectivity index (χ2n) is 4.82. The molecule has 0 saturated carbocycles. The molecule has 0 radical (unpaired) electrons. The van der Waals surface area contributed by atoms with Crippen molar-refractivity contribution in [2.24, 2.45) is 0 Å². The second kappa shape index (κ2) is 6.48. The van der Waals surface area contributed by atoms with E-state index < -0.39 is 0 Å². The van der Waals surface area contributed by atoms with Gasteiger partial charge in [-0.2, -0.15) is 0 Å². The summed E-state index contributed by atoms with van der Waals surface area (Å²) in [6.45, 7) is 5.01. The van der Waals surface area contributed by atoms with Crippen LogP contribution in [0.2, 0.25) is 0 Å². The van der Waals surface area contributed by atoms with E-state index >= 15 is 0 Å². The minimum atomic E-state index is -0.127. The molecular weight excluding hydrogens is 237 g/mol. The predicted molar refractivity (Wildman–Crippen MR) is 77.7 cm³/mol. The van der Waals surface area contributed by atoms with Gasteiger partial charge in [0.15, 0.2) is 0 Å². The third kappa shape index (κ3) is 3.65. The van der Waals surface area contributed by atoms with E-state index in [2.05, 4.69) is 43.4 Å². The first-order chi connectivity index (χ1) is 9.20. The summed E-state index contributed by atoms with van der Waals surface area (Å²) in [5.74, 6) is -0.127. The maximum absolute atomic E-state index is 13.7. The zero-order chi connectivity index (χ0) is 13.7. The van der Waals surface area contributed by atoms with Crippen molar-refractivity contribution >= 4 is 0 Å². The van der Waals surface area contributed by atoms with Crippen LogP contribution in [0.25, 0.3) is 0 Å². The molecule has 2 heteroatoms. The lowest BCUT2D eigenvalue weighted by Gasteiger charge is -2.19. The van der Waals surface area contributed by atoms with Crippen LogP contribution < -0.4 is 5.32 Å². The highest BCUT2D eigenvalue weighted by molar-refractivity contribution is 5.27. The SMILES string of the molecule is CCNC(Cc1ccccc1F)c1ccc(C)cc1. The van der Waals surface area contributed by atoms with Crippen LogP contribution in [0.15, 0.2) is 48.5 Å². The minimum absolute atomic E-state index is 0.127. The molecule has 0 aliphatic rings. The Hall–Kier alpha value is -1.67. The van der Waals surface area contributed by atoms with Crippen molar-refractivity contribution in [3.63, 3.8) is 0 Å². The van der Waals surface area contributed by atoms with Gasteiger partial charge in [-0.15, -0.1) is 0 Å².